The van der Waals surface area contributed by atoms with Crippen LogP contribution in [0.4, 0.5) is 24.5 Å². The van der Waals surface area contributed by atoms with Crippen molar-refractivity contribution in [3.05, 3.63) is 64.0 Å². The molecule has 1 aromatic carbocycles. The molecule has 0 atom stereocenters. The van der Waals surface area contributed by atoms with Gasteiger partial charge in [-0.05, 0) is 18.2 Å². The van der Waals surface area contributed by atoms with Crippen molar-refractivity contribution in [2.45, 2.75) is 6.18 Å². The number of nitro groups is 1. The minimum absolute atomic E-state index is 0.0151. The fraction of sp³-hybridized carbons (Fsp3) is 0.200. The Bertz CT molecular complexity index is 763. The standard InChI is InChI=1S/C15H13F3N4O3/c16-15(17,18)13-6-5-10(9-21-13)14(23)20-8-7-19-11-3-1-2-4-12(11)22(24)25/h1-6,9,19H,7-8H2,(H,20,23). The van der Waals surface area contributed by atoms with Gasteiger partial charge in [-0.1, -0.05) is 12.1 Å². The third kappa shape index (κ3) is 4.90. The summed E-state index contributed by atoms with van der Waals surface area (Å²) in [6.07, 6.45) is -3.73. The maximum Gasteiger partial charge on any atom is 0.433 e. The fourth-order valence-electron chi connectivity index (χ4n) is 1.95. The summed E-state index contributed by atoms with van der Waals surface area (Å²) in [5, 5.41) is 16.1. The molecule has 0 bridgehead atoms. The van der Waals surface area contributed by atoms with Gasteiger partial charge < -0.3 is 10.6 Å². The second kappa shape index (κ2) is 7.60. The zero-order chi connectivity index (χ0) is 18.4. The van der Waals surface area contributed by atoms with Crippen molar-refractivity contribution in [2.24, 2.45) is 0 Å². The van der Waals surface area contributed by atoms with Gasteiger partial charge >= 0.3 is 6.18 Å². The van der Waals surface area contributed by atoms with E-state index < -0.39 is 22.7 Å². The Kier molecular flexibility index (Phi) is 5.52. The Morgan fingerprint density at radius 3 is 2.48 bits per heavy atom. The lowest BCUT2D eigenvalue weighted by molar-refractivity contribution is -0.384. The van der Waals surface area contributed by atoms with Gasteiger partial charge in [-0.3, -0.25) is 19.9 Å². The predicted molar refractivity (Wildman–Crippen MR) is 83.2 cm³/mol. The summed E-state index contributed by atoms with van der Waals surface area (Å²) < 4.78 is 37.2. The molecule has 132 valence electrons. The van der Waals surface area contributed by atoms with Gasteiger partial charge in [0, 0.05) is 25.4 Å². The number of hydrogen-bond donors (Lipinski definition) is 2. The number of nitro benzene ring substituents is 1. The van der Waals surface area contributed by atoms with Gasteiger partial charge in [0.1, 0.15) is 11.4 Å². The van der Waals surface area contributed by atoms with E-state index in [4.69, 9.17) is 0 Å². The number of pyridine rings is 1. The van der Waals surface area contributed by atoms with Crippen molar-refractivity contribution in [2.75, 3.05) is 18.4 Å². The Hall–Kier alpha value is -3.17. The van der Waals surface area contributed by atoms with E-state index in [0.717, 1.165) is 18.3 Å². The van der Waals surface area contributed by atoms with Crippen LogP contribution in [-0.4, -0.2) is 28.9 Å². The molecular formula is C15H13F3N4O3. The topological polar surface area (TPSA) is 97.2 Å². The first-order valence-electron chi connectivity index (χ1n) is 7.08. The summed E-state index contributed by atoms with van der Waals surface area (Å²) in [4.78, 5) is 25.3. The molecule has 2 aromatic rings. The van der Waals surface area contributed by atoms with Gasteiger partial charge in [-0.2, -0.15) is 13.2 Å². The van der Waals surface area contributed by atoms with E-state index in [1.807, 2.05) is 0 Å². The monoisotopic (exact) mass is 354 g/mol. The molecule has 0 aliphatic carbocycles. The molecule has 1 aromatic heterocycles. The summed E-state index contributed by atoms with van der Waals surface area (Å²) in [6.45, 7) is 0.316. The van der Waals surface area contributed by atoms with Crippen molar-refractivity contribution in [1.29, 1.82) is 0 Å². The van der Waals surface area contributed by atoms with Crippen LogP contribution in [0.3, 0.4) is 0 Å². The highest BCUT2D eigenvalue weighted by Gasteiger charge is 2.32. The van der Waals surface area contributed by atoms with Gasteiger partial charge in [-0.15, -0.1) is 0 Å². The van der Waals surface area contributed by atoms with E-state index in [1.54, 1.807) is 6.07 Å². The number of benzene rings is 1. The summed E-state index contributed by atoms with van der Waals surface area (Å²) >= 11 is 0. The molecule has 0 radical (unpaired) electrons. The normalized spacial score (nSPS) is 11.0. The number of hydrogen-bond acceptors (Lipinski definition) is 5. The Morgan fingerprint density at radius 2 is 1.88 bits per heavy atom. The number of carbonyl (C=O) groups excluding carboxylic acids is 1. The highest BCUT2D eigenvalue weighted by Crippen LogP contribution is 2.27. The zero-order valence-corrected chi connectivity index (χ0v) is 12.7. The van der Waals surface area contributed by atoms with Gasteiger partial charge in [0.15, 0.2) is 0 Å². The summed E-state index contributed by atoms with van der Waals surface area (Å²) in [6, 6.07) is 7.78. The number of amides is 1. The molecule has 7 nitrogen and oxygen atoms in total. The average molecular weight is 354 g/mol. The number of rotatable bonds is 6. The molecule has 10 heteroatoms. The van der Waals surface area contributed by atoms with Gasteiger partial charge in [0.25, 0.3) is 11.6 Å². The number of carbonyl (C=O) groups is 1. The van der Waals surface area contributed by atoms with Crippen LogP contribution in [0.25, 0.3) is 0 Å². The van der Waals surface area contributed by atoms with Gasteiger partial charge in [0.2, 0.25) is 0 Å². The first-order valence-corrected chi connectivity index (χ1v) is 7.08. The predicted octanol–water partition coefficient (Wildman–Crippen LogP) is 2.85. The molecule has 1 heterocycles. The quantitative estimate of drug-likeness (QED) is 0.472. The lowest BCUT2D eigenvalue weighted by atomic mass is 10.2. The molecule has 25 heavy (non-hydrogen) atoms. The summed E-state index contributed by atoms with van der Waals surface area (Å²) in [7, 11) is 0. The first-order chi connectivity index (χ1) is 11.8. The number of halogens is 3. The lowest BCUT2D eigenvalue weighted by Crippen LogP contribution is -2.29. The van der Waals surface area contributed by atoms with Crippen LogP contribution in [0.2, 0.25) is 0 Å². The smallest absolute Gasteiger partial charge is 0.378 e. The van der Waals surface area contributed by atoms with E-state index in [1.165, 1.54) is 18.2 Å². The van der Waals surface area contributed by atoms with Crippen molar-refractivity contribution in [3.63, 3.8) is 0 Å². The molecular weight excluding hydrogens is 341 g/mol. The minimum atomic E-state index is -4.57. The number of aromatic nitrogens is 1. The van der Waals surface area contributed by atoms with Crippen LogP contribution >= 0.6 is 0 Å². The lowest BCUT2D eigenvalue weighted by Gasteiger charge is -2.09. The molecule has 0 saturated heterocycles. The maximum absolute atomic E-state index is 12.4. The maximum atomic E-state index is 12.4. The van der Waals surface area contributed by atoms with E-state index in [2.05, 4.69) is 15.6 Å². The van der Waals surface area contributed by atoms with Crippen LogP contribution < -0.4 is 10.6 Å². The van der Waals surface area contributed by atoms with Crippen LogP contribution in [0.15, 0.2) is 42.6 Å². The highest BCUT2D eigenvalue weighted by atomic mass is 19.4. The van der Waals surface area contributed by atoms with E-state index in [-0.39, 0.29) is 24.3 Å². The summed E-state index contributed by atoms with van der Waals surface area (Å²) in [5.41, 5.74) is -0.889. The SMILES string of the molecule is O=C(NCCNc1ccccc1[N+](=O)[O-])c1ccc(C(F)(F)F)nc1. The third-order valence-corrected chi connectivity index (χ3v) is 3.14. The van der Waals surface area contributed by atoms with Gasteiger partial charge in [0.05, 0.1) is 10.5 Å². The number of para-hydroxylation sites is 2. The van der Waals surface area contributed by atoms with E-state index >= 15 is 0 Å². The highest BCUT2D eigenvalue weighted by molar-refractivity contribution is 5.93. The number of alkyl halides is 3. The molecule has 0 fully saturated rings. The number of nitrogens with one attached hydrogen (secondary N) is 2. The molecule has 0 aliphatic heterocycles. The van der Waals surface area contributed by atoms with Crippen molar-refractivity contribution < 1.29 is 22.9 Å². The zero-order valence-electron chi connectivity index (χ0n) is 12.7. The largest absolute Gasteiger partial charge is 0.433 e. The average Bonchev–Trinajstić information content (AvgIpc) is 2.58. The van der Waals surface area contributed by atoms with Crippen LogP contribution in [-0.2, 0) is 6.18 Å². The molecule has 0 saturated carbocycles. The summed E-state index contributed by atoms with van der Waals surface area (Å²) in [5.74, 6) is -0.592. The second-order valence-electron chi connectivity index (χ2n) is 4.89. The number of anilines is 1. The van der Waals surface area contributed by atoms with Crippen LogP contribution in [0.5, 0.6) is 0 Å². The molecule has 1 amide bonds. The van der Waals surface area contributed by atoms with Crippen molar-refractivity contribution in [3.8, 4) is 0 Å². The van der Waals surface area contributed by atoms with Crippen LogP contribution in [0, 0.1) is 10.1 Å². The molecule has 0 aliphatic rings. The molecule has 2 rings (SSSR count). The molecule has 0 unspecified atom stereocenters. The molecule has 0 spiro atoms. The Labute approximate surface area is 140 Å². The van der Waals surface area contributed by atoms with E-state index in [9.17, 15) is 28.1 Å². The second-order valence-corrected chi connectivity index (χ2v) is 4.89. The van der Waals surface area contributed by atoms with Gasteiger partial charge in [-0.25, -0.2) is 0 Å². The minimum Gasteiger partial charge on any atom is -0.378 e. The Balaban J connectivity index is 1.86. The van der Waals surface area contributed by atoms with Crippen molar-refractivity contribution in [1.82, 2.24) is 10.3 Å². The number of nitrogens with zero attached hydrogens (tertiary/aromatic N) is 2. The third-order valence-electron chi connectivity index (χ3n) is 3.14. The van der Waals surface area contributed by atoms with Crippen molar-refractivity contribution >= 4 is 17.3 Å². The Morgan fingerprint density at radius 1 is 1.16 bits per heavy atom. The van der Waals surface area contributed by atoms with Crippen LogP contribution in [0.1, 0.15) is 16.1 Å². The van der Waals surface area contributed by atoms with E-state index in [0.29, 0.717) is 5.69 Å². The fourth-order valence-corrected chi connectivity index (χ4v) is 1.95. The molecule has 2 N–H and O–H groups in total. The first kappa shape index (κ1) is 18.2.